The molecule has 2 atom stereocenters. The maximum absolute atomic E-state index is 11.3. The average Bonchev–Trinajstić information content (AvgIpc) is 2.46. The van der Waals surface area contributed by atoms with Crippen LogP contribution in [0.4, 0.5) is 5.82 Å². The molecule has 6 nitrogen and oxygen atoms in total. The monoisotopic (exact) mass is 279 g/mol. The number of aromatic nitrogens is 2. The van der Waals surface area contributed by atoms with Gasteiger partial charge in [0.15, 0.2) is 0 Å². The van der Waals surface area contributed by atoms with E-state index in [0.29, 0.717) is 18.3 Å². The third-order valence-electron chi connectivity index (χ3n) is 3.51. The maximum atomic E-state index is 11.3. The molecule has 1 aromatic rings. The van der Waals surface area contributed by atoms with Crippen molar-refractivity contribution >= 4 is 11.8 Å². The molecule has 0 aliphatic heterocycles. The molecule has 1 saturated carbocycles. The predicted octanol–water partition coefficient (Wildman–Crippen LogP) is 2.32. The van der Waals surface area contributed by atoms with Gasteiger partial charge in [-0.05, 0) is 19.3 Å². The van der Waals surface area contributed by atoms with Gasteiger partial charge < -0.3 is 15.2 Å². The maximum Gasteiger partial charge on any atom is 0.308 e. The molecule has 1 aromatic heterocycles. The van der Waals surface area contributed by atoms with E-state index in [9.17, 15) is 9.90 Å². The van der Waals surface area contributed by atoms with Gasteiger partial charge in [0.2, 0.25) is 5.88 Å². The van der Waals surface area contributed by atoms with E-state index in [1.54, 1.807) is 6.07 Å². The van der Waals surface area contributed by atoms with Crippen LogP contribution < -0.4 is 10.1 Å². The van der Waals surface area contributed by atoms with E-state index < -0.39 is 5.97 Å². The first-order chi connectivity index (χ1) is 9.70. The molecule has 1 heterocycles. The Hall–Kier alpha value is -1.85. The summed E-state index contributed by atoms with van der Waals surface area (Å²) in [7, 11) is 0. The van der Waals surface area contributed by atoms with E-state index in [4.69, 9.17) is 4.74 Å². The highest BCUT2D eigenvalue weighted by Crippen LogP contribution is 2.27. The lowest BCUT2D eigenvalue weighted by Gasteiger charge is -2.29. The highest BCUT2D eigenvalue weighted by Gasteiger charge is 2.30. The number of ether oxygens (including phenoxy) is 1. The Labute approximate surface area is 118 Å². The summed E-state index contributed by atoms with van der Waals surface area (Å²) in [5.41, 5.74) is 0. The number of carbonyl (C=O) groups is 1. The van der Waals surface area contributed by atoms with Crippen LogP contribution in [0.25, 0.3) is 0 Å². The first kappa shape index (κ1) is 14.6. The molecule has 0 saturated heterocycles. The van der Waals surface area contributed by atoms with E-state index >= 15 is 0 Å². The minimum Gasteiger partial charge on any atom is -0.481 e. The molecule has 0 aromatic carbocycles. The number of nitrogens with zero attached hydrogens (tertiary/aromatic N) is 2. The van der Waals surface area contributed by atoms with Crippen LogP contribution in [0.3, 0.4) is 0 Å². The Balaban J connectivity index is 2.02. The van der Waals surface area contributed by atoms with Gasteiger partial charge in [-0.2, -0.15) is 0 Å². The lowest BCUT2D eigenvalue weighted by molar-refractivity contribution is -0.143. The topological polar surface area (TPSA) is 84.3 Å². The predicted molar refractivity (Wildman–Crippen MR) is 74.8 cm³/mol. The summed E-state index contributed by atoms with van der Waals surface area (Å²) in [5, 5.41) is 12.5. The second-order valence-electron chi connectivity index (χ2n) is 5.07. The van der Waals surface area contributed by atoms with Gasteiger partial charge in [0, 0.05) is 12.1 Å². The summed E-state index contributed by atoms with van der Waals surface area (Å²) in [5.74, 6) is 0.0636. The number of carboxylic acids is 1. The second-order valence-corrected chi connectivity index (χ2v) is 5.07. The highest BCUT2D eigenvalue weighted by atomic mass is 16.5. The fourth-order valence-corrected chi connectivity index (χ4v) is 2.49. The largest absolute Gasteiger partial charge is 0.481 e. The zero-order valence-electron chi connectivity index (χ0n) is 11.7. The fourth-order valence-electron chi connectivity index (χ4n) is 2.49. The summed E-state index contributed by atoms with van der Waals surface area (Å²) < 4.78 is 5.45. The molecule has 110 valence electrons. The Morgan fingerprint density at radius 3 is 3.00 bits per heavy atom. The van der Waals surface area contributed by atoms with Crippen LogP contribution in [0.5, 0.6) is 5.88 Å². The van der Waals surface area contributed by atoms with Crippen LogP contribution in [-0.2, 0) is 4.79 Å². The van der Waals surface area contributed by atoms with Crippen LogP contribution in [-0.4, -0.2) is 33.7 Å². The van der Waals surface area contributed by atoms with Gasteiger partial charge in [-0.1, -0.05) is 19.8 Å². The third kappa shape index (κ3) is 3.82. The first-order valence-corrected chi connectivity index (χ1v) is 7.15. The molecule has 20 heavy (non-hydrogen) atoms. The summed E-state index contributed by atoms with van der Waals surface area (Å²) >= 11 is 0. The number of anilines is 1. The Morgan fingerprint density at radius 2 is 2.25 bits per heavy atom. The lowest BCUT2D eigenvalue weighted by Crippen LogP contribution is -2.37. The van der Waals surface area contributed by atoms with E-state index in [-0.39, 0.29) is 12.0 Å². The fraction of sp³-hybridized carbons (Fsp3) is 0.643. The summed E-state index contributed by atoms with van der Waals surface area (Å²) in [6, 6.07) is 1.65. The van der Waals surface area contributed by atoms with Crippen LogP contribution in [0.15, 0.2) is 12.4 Å². The van der Waals surface area contributed by atoms with Crippen molar-refractivity contribution in [2.75, 3.05) is 11.9 Å². The average molecular weight is 279 g/mol. The van der Waals surface area contributed by atoms with Crippen molar-refractivity contribution in [3.05, 3.63) is 12.4 Å². The molecule has 0 bridgehead atoms. The van der Waals surface area contributed by atoms with E-state index in [1.165, 1.54) is 6.33 Å². The van der Waals surface area contributed by atoms with E-state index in [2.05, 4.69) is 15.3 Å². The molecular formula is C14H21N3O3. The minimum absolute atomic E-state index is 0.0739. The molecule has 0 amide bonds. The molecular weight excluding hydrogens is 258 g/mol. The van der Waals surface area contributed by atoms with Gasteiger partial charge in [-0.3, -0.25) is 4.79 Å². The summed E-state index contributed by atoms with van der Waals surface area (Å²) in [6.07, 6.45) is 5.95. The Bertz CT molecular complexity index is 453. The second kappa shape index (κ2) is 7.07. The van der Waals surface area contributed by atoms with E-state index in [0.717, 1.165) is 32.1 Å². The normalized spacial score (nSPS) is 22.2. The van der Waals surface area contributed by atoms with Crippen LogP contribution >= 0.6 is 0 Å². The molecule has 2 rings (SSSR count). The minimum atomic E-state index is -0.737. The van der Waals surface area contributed by atoms with Crippen molar-refractivity contribution < 1.29 is 14.6 Å². The number of aliphatic carboxylic acids is 1. The van der Waals surface area contributed by atoms with E-state index in [1.807, 2.05) is 6.92 Å². The lowest BCUT2D eigenvalue weighted by atomic mass is 9.84. The molecule has 6 heteroatoms. The first-order valence-electron chi connectivity index (χ1n) is 7.15. The van der Waals surface area contributed by atoms with Gasteiger partial charge in [0.05, 0.1) is 12.5 Å². The Kier molecular flexibility index (Phi) is 5.15. The molecule has 2 unspecified atom stereocenters. The van der Waals surface area contributed by atoms with Crippen molar-refractivity contribution in [3.63, 3.8) is 0 Å². The van der Waals surface area contributed by atoms with Gasteiger partial charge in [0.1, 0.15) is 12.1 Å². The van der Waals surface area contributed by atoms with Gasteiger partial charge >= 0.3 is 5.97 Å². The highest BCUT2D eigenvalue weighted by molar-refractivity contribution is 5.71. The van der Waals surface area contributed by atoms with Crippen molar-refractivity contribution in [1.29, 1.82) is 0 Å². The van der Waals surface area contributed by atoms with Crippen LogP contribution in [0.1, 0.15) is 39.0 Å². The molecule has 1 fully saturated rings. The van der Waals surface area contributed by atoms with Crippen LogP contribution in [0.2, 0.25) is 0 Å². The van der Waals surface area contributed by atoms with Crippen molar-refractivity contribution in [2.45, 2.75) is 45.1 Å². The number of nitrogens with one attached hydrogen (secondary N) is 1. The van der Waals surface area contributed by atoms with Crippen molar-refractivity contribution in [1.82, 2.24) is 9.97 Å². The smallest absolute Gasteiger partial charge is 0.308 e. The van der Waals surface area contributed by atoms with Gasteiger partial charge in [-0.15, -0.1) is 0 Å². The van der Waals surface area contributed by atoms with Crippen molar-refractivity contribution in [2.24, 2.45) is 5.92 Å². The Morgan fingerprint density at radius 1 is 1.45 bits per heavy atom. The number of hydrogen-bond donors (Lipinski definition) is 2. The standard InChI is InChI=1S/C14H21N3O3/c1-2-7-20-13-8-12(15-9-16-13)17-11-6-4-3-5-10(11)14(18)19/h8-11H,2-7H2,1H3,(H,18,19)(H,15,16,17). The number of rotatable bonds is 6. The number of carboxylic acid groups (broad SMARTS) is 1. The molecule has 1 aliphatic rings. The van der Waals surface area contributed by atoms with Crippen LogP contribution in [0, 0.1) is 5.92 Å². The number of hydrogen-bond acceptors (Lipinski definition) is 5. The zero-order chi connectivity index (χ0) is 14.4. The van der Waals surface area contributed by atoms with Gasteiger partial charge in [-0.25, -0.2) is 9.97 Å². The molecule has 0 spiro atoms. The molecule has 2 N–H and O–H groups in total. The molecule has 0 radical (unpaired) electrons. The third-order valence-corrected chi connectivity index (χ3v) is 3.51. The molecule has 1 aliphatic carbocycles. The van der Waals surface area contributed by atoms with Gasteiger partial charge in [0.25, 0.3) is 0 Å². The summed E-state index contributed by atoms with van der Waals surface area (Å²) in [6.45, 7) is 2.64. The SMILES string of the molecule is CCCOc1cc(NC2CCCCC2C(=O)O)ncn1. The van der Waals surface area contributed by atoms with Crippen molar-refractivity contribution in [3.8, 4) is 5.88 Å². The quantitative estimate of drug-likeness (QED) is 0.831. The zero-order valence-corrected chi connectivity index (χ0v) is 11.7. The summed E-state index contributed by atoms with van der Waals surface area (Å²) in [4.78, 5) is 19.4.